The molecule has 1 aliphatic rings. The molecule has 0 unspecified atom stereocenters. The molecule has 0 aromatic heterocycles. The summed E-state index contributed by atoms with van der Waals surface area (Å²) in [4.78, 5) is 10.4. The van der Waals surface area contributed by atoms with E-state index in [1.54, 1.807) is 0 Å². The van der Waals surface area contributed by atoms with Gasteiger partial charge in [-0.25, -0.2) is 4.79 Å². The summed E-state index contributed by atoms with van der Waals surface area (Å²) in [5.41, 5.74) is 0.931. The summed E-state index contributed by atoms with van der Waals surface area (Å²) in [6, 6.07) is 0.0255. The predicted octanol–water partition coefficient (Wildman–Crippen LogP) is 0.671. The number of nitrogens with one attached hydrogen (secondary N) is 1. The van der Waals surface area contributed by atoms with Crippen LogP contribution in [0.25, 0.3) is 0 Å². The molecule has 0 saturated carbocycles. The largest absolute Gasteiger partial charge is 0.447 e. The molecule has 9 heavy (non-hydrogen) atoms. The van der Waals surface area contributed by atoms with Crippen molar-refractivity contribution >= 4 is 6.09 Å². The molecule has 0 aliphatic carbocycles. The molecule has 1 atom stereocenters. The Bertz CT molecular complexity index is 153. The van der Waals surface area contributed by atoms with Gasteiger partial charge in [0.1, 0.15) is 6.61 Å². The van der Waals surface area contributed by atoms with Gasteiger partial charge in [0.15, 0.2) is 0 Å². The topological polar surface area (TPSA) is 38.3 Å². The molecule has 1 rings (SSSR count). The first-order valence-electron chi connectivity index (χ1n) is 2.79. The molecule has 0 spiro atoms. The molecule has 1 heterocycles. The SMILES string of the molecule is C=C(C)[C@@H]1COC(=O)N1. The van der Waals surface area contributed by atoms with Crippen molar-refractivity contribution in [3.8, 4) is 0 Å². The standard InChI is InChI=1S/C6H9NO2/c1-4(2)5-3-9-6(8)7-5/h5H,1,3H2,2H3,(H,7,8)/t5-/m0/s1. The van der Waals surface area contributed by atoms with E-state index in [-0.39, 0.29) is 12.1 Å². The Morgan fingerprint density at radius 1 is 2.00 bits per heavy atom. The predicted molar refractivity (Wildman–Crippen MR) is 33.1 cm³/mol. The summed E-state index contributed by atoms with van der Waals surface area (Å²) >= 11 is 0. The first-order chi connectivity index (χ1) is 4.20. The summed E-state index contributed by atoms with van der Waals surface area (Å²) < 4.78 is 4.62. The van der Waals surface area contributed by atoms with Crippen LogP contribution in [0, 0.1) is 0 Å². The fourth-order valence-corrected chi connectivity index (χ4v) is 0.650. The van der Waals surface area contributed by atoms with E-state index in [0.29, 0.717) is 6.61 Å². The van der Waals surface area contributed by atoms with Crippen molar-refractivity contribution in [1.29, 1.82) is 0 Å². The van der Waals surface area contributed by atoms with Crippen LogP contribution in [0.5, 0.6) is 0 Å². The van der Waals surface area contributed by atoms with Gasteiger partial charge in [0.05, 0.1) is 6.04 Å². The average Bonchev–Trinajstić information content (AvgIpc) is 2.14. The normalized spacial score (nSPS) is 25.0. The van der Waals surface area contributed by atoms with Crippen LogP contribution in [0.3, 0.4) is 0 Å². The second-order valence-corrected chi connectivity index (χ2v) is 2.14. The Morgan fingerprint density at radius 3 is 2.89 bits per heavy atom. The maximum absolute atomic E-state index is 10.4. The zero-order valence-corrected chi connectivity index (χ0v) is 5.31. The molecule has 0 aromatic carbocycles. The van der Waals surface area contributed by atoms with E-state index in [0.717, 1.165) is 5.57 Å². The van der Waals surface area contributed by atoms with Gasteiger partial charge >= 0.3 is 6.09 Å². The maximum atomic E-state index is 10.4. The van der Waals surface area contributed by atoms with Crippen LogP contribution < -0.4 is 5.32 Å². The van der Waals surface area contributed by atoms with Crippen molar-refractivity contribution in [2.24, 2.45) is 0 Å². The van der Waals surface area contributed by atoms with Crippen LogP contribution in [0.4, 0.5) is 4.79 Å². The number of rotatable bonds is 1. The van der Waals surface area contributed by atoms with Crippen molar-refractivity contribution in [1.82, 2.24) is 5.32 Å². The van der Waals surface area contributed by atoms with E-state index >= 15 is 0 Å². The summed E-state index contributed by atoms with van der Waals surface area (Å²) in [7, 11) is 0. The number of carbonyl (C=O) groups excluding carboxylic acids is 1. The summed E-state index contributed by atoms with van der Waals surface area (Å²) in [6.45, 7) is 5.96. The number of amides is 1. The zero-order valence-electron chi connectivity index (χ0n) is 5.31. The third-order valence-electron chi connectivity index (χ3n) is 1.27. The molecule has 50 valence electrons. The minimum Gasteiger partial charge on any atom is -0.447 e. The third kappa shape index (κ3) is 1.22. The van der Waals surface area contributed by atoms with E-state index in [2.05, 4.69) is 16.6 Å². The highest BCUT2D eigenvalue weighted by Crippen LogP contribution is 2.04. The molecule has 3 nitrogen and oxygen atoms in total. The Balaban J connectivity index is 2.48. The van der Waals surface area contributed by atoms with Gasteiger partial charge in [0.2, 0.25) is 0 Å². The second kappa shape index (κ2) is 2.09. The van der Waals surface area contributed by atoms with Gasteiger partial charge in [-0.05, 0) is 6.92 Å². The Morgan fingerprint density at radius 2 is 2.67 bits per heavy atom. The first-order valence-corrected chi connectivity index (χ1v) is 2.79. The van der Waals surface area contributed by atoms with E-state index in [1.807, 2.05) is 6.92 Å². The van der Waals surface area contributed by atoms with Crippen molar-refractivity contribution in [3.05, 3.63) is 12.2 Å². The minimum atomic E-state index is -0.344. The Kier molecular flexibility index (Phi) is 1.42. The molecule has 1 N–H and O–H groups in total. The molecule has 1 fully saturated rings. The van der Waals surface area contributed by atoms with Crippen LogP contribution >= 0.6 is 0 Å². The van der Waals surface area contributed by atoms with Gasteiger partial charge in [-0.15, -0.1) is 0 Å². The van der Waals surface area contributed by atoms with Crippen LogP contribution in [0.15, 0.2) is 12.2 Å². The number of ether oxygens (including phenoxy) is 1. The second-order valence-electron chi connectivity index (χ2n) is 2.14. The van der Waals surface area contributed by atoms with Crippen LogP contribution in [-0.2, 0) is 4.74 Å². The maximum Gasteiger partial charge on any atom is 0.407 e. The number of alkyl carbamates (subject to hydrolysis) is 1. The van der Waals surface area contributed by atoms with E-state index in [1.165, 1.54) is 0 Å². The molecule has 1 saturated heterocycles. The zero-order chi connectivity index (χ0) is 6.85. The van der Waals surface area contributed by atoms with Crippen LogP contribution in [0.2, 0.25) is 0 Å². The fraction of sp³-hybridized carbons (Fsp3) is 0.500. The average molecular weight is 127 g/mol. The monoisotopic (exact) mass is 127 g/mol. The molecular weight excluding hydrogens is 118 g/mol. The Hall–Kier alpha value is -0.990. The minimum absolute atomic E-state index is 0.0255. The number of hydrogen-bond donors (Lipinski definition) is 1. The number of hydrogen-bond acceptors (Lipinski definition) is 2. The number of carbonyl (C=O) groups is 1. The lowest BCUT2D eigenvalue weighted by Crippen LogP contribution is -2.26. The van der Waals surface area contributed by atoms with Gasteiger partial charge in [-0.2, -0.15) is 0 Å². The molecule has 1 amide bonds. The first kappa shape index (κ1) is 6.13. The lowest BCUT2D eigenvalue weighted by atomic mass is 10.2. The molecule has 0 radical (unpaired) electrons. The molecular formula is C6H9NO2. The van der Waals surface area contributed by atoms with Gasteiger partial charge in [-0.3, -0.25) is 0 Å². The van der Waals surface area contributed by atoms with Gasteiger partial charge < -0.3 is 10.1 Å². The van der Waals surface area contributed by atoms with Crippen LogP contribution in [-0.4, -0.2) is 18.7 Å². The van der Waals surface area contributed by atoms with Crippen molar-refractivity contribution < 1.29 is 9.53 Å². The van der Waals surface area contributed by atoms with Crippen LogP contribution in [0.1, 0.15) is 6.92 Å². The van der Waals surface area contributed by atoms with Gasteiger partial charge in [0.25, 0.3) is 0 Å². The number of cyclic esters (lactones) is 1. The molecule has 0 aromatic rings. The summed E-state index contributed by atoms with van der Waals surface area (Å²) in [5, 5.41) is 2.59. The van der Waals surface area contributed by atoms with E-state index < -0.39 is 0 Å². The fourth-order valence-electron chi connectivity index (χ4n) is 0.650. The quantitative estimate of drug-likeness (QED) is 0.526. The highest BCUT2D eigenvalue weighted by Gasteiger charge is 2.21. The summed E-state index contributed by atoms with van der Waals surface area (Å²) in [6.07, 6.45) is -0.344. The smallest absolute Gasteiger partial charge is 0.407 e. The third-order valence-corrected chi connectivity index (χ3v) is 1.27. The van der Waals surface area contributed by atoms with Gasteiger partial charge in [0, 0.05) is 0 Å². The van der Waals surface area contributed by atoms with Crippen molar-refractivity contribution in [3.63, 3.8) is 0 Å². The lowest BCUT2D eigenvalue weighted by Gasteiger charge is -2.03. The molecule has 3 heteroatoms. The van der Waals surface area contributed by atoms with Crippen molar-refractivity contribution in [2.75, 3.05) is 6.61 Å². The van der Waals surface area contributed by atoms with Gasteiger partial charge in [-0.1, -0.05) is 12.2 Å². The Labute approximate surface area is 53.7 Å². The van der Waals surface area contributed by atoms with E-state index in [4.69, 9.17) is 0 Å². The highest BCUT2D eigenvalue weighted by atomic mass is 16.6. The molecule has 1 aliphatic heterocycles. The highest BCUT2D eigenvalue weighted by molar-refractivity contribution is 5.70. The van der Waals surface area contributed by atoms with E-state index in [9.17, 15) is 4.79 Å². The lowest BCUT2D eigenvalue weighted by molar-refractivity contribution is 0.177. The summed E-state index contributed by atoms with van der Waals surface area (Å²) in [5.74, 6) is 0. The molecule has 0 bridgehead atoms. The van der Waals surface area contributed by atoms with Crippen molar-refractivity contribution in [2.45, 2.75) is 13.0 Å².